The molecule has 3 aromatic rings. The largest absolute Gasteiger partial charge is 0.488 e. The second kappa shape index (κ2) is 11.0. The summed E-state index contributed by atoms with van der Waals surface area (Å²) in [6.45, 7) is 0.0915. The van der Waals surface area contributed by atoms with Gasteiger partial charge in [0, 0.05) is 33.8 Å². The average molecular weight is 513 g/mol. The van der Waals surface area contributed by atoms with E-state index in [9.17, 15) is 25.0 Å². The minimum atomic E-state index is -0.543. The monoisotopic (exact) mass is 512 g/mol. The maximum absolute atomic E-state index is 12.2. The fourth-order valence-corrected chi connectivity index (χ4v) is 3.28. The van der Waals surface area contributed by atoms with E-state index in [0.717, 1.165) is 4.47 Å². The molecule has 1 N–H and O–H groups in total. The van der Waals surface area contributed by atoms with E-state index in [1.165, 1.54) is 36.5 Å². The first kappa shape index (κ1) is 23.5. The van der Waals surface area contributed by atoms with Gasteiger partial charge in [-0.1, -0.05) is 46.3 Å². The van der Waals surface area contributed by atoms with Gasteiger partial charge >= 0.3 is 0 Å². The molecule has 0 saturated carbocycles. The number of nitro groups is 2. The number of carbonyl (C=O) groups is 1. The second-order valence-corrected chi connectivity index (χ2v) is 7.67. The van der Waals surface area contributed by atoms with Gasteiger partial charge in [-0.05, 0) is 23.8 Å². The highest BCUT2D eigenvalue weighted by atomic mass is 79.9. The molecule has 10 nitrogen and oxygen atoms in total. The summed E-state index contributed by atoms with van der Waals surface area (Å²) < 4.78 is 6.53. The Labute approximate surface area is 196 Å². The van der Waals surface area contributed by atoms with Gasteiger partial charge in [0.1, 0.15) is 12.4 Å². The molecule has 11 heteroatoms. The fraction of sp³-hybridized carbons (Fsp3) is 0.0909. The highest BCUT2D eigenvalue weighted by Crippen LogP contribution is 2.24. The van der Waals surface area contributed by atoms with Gasteiger partial charge in [0.05, 0.1) is 22.5 Å². The third-order valence-corrected chi connectivity index (χ3v) is 4.91. The van der Waals surface area contributed by atoms with Crippen LogP contribution in [0.25, 0.3) is 0 Å². The maximum atomic E-state index is 12.2. The number of carbonyl (C=O) groups excluding carboxylic acids is 1. The number of hydrazone groups is 1. The molecule has 0 heterocycles. The topological polar surface area (TPSA) is 137 Å². The van der Waals surface area contributed by atoms with Crippen LogP contribution in [0.5, 0.6) is 5.75 Å². The Balaban J connectivity index is 1.67. The van der Waals surface area contributed by atoms with E-state index in [2.05, 4.69) is 26.5 Å². The summed E-state index contributed by atoms with van der Waals surface area (Å²) >= 11 is 3.36. The van der Waals surface area contributed by atoms with E-state index >= 15 is 0 Å². The predicted octanol–water partition coefficient (Wildman–Crippen LogP) is 4.54. The third kappa shape index (κ3) is 6.68. The lowest BCUT2D eigenvalue weighted by molar-refractivity contribution is -0.385. The molecule has 0 bridgehead atoms. The van der Waals surface area contributed by atoms with Crippen LogP contribution >= 0.6 is 15.9 Å². The number of nitrogens with one attached hydrogen (secondary N) is 1. The Morgan fingerprint density at radius 1 is 1.03 bits per heavy atom. The molecule has 0 fully saturated rings. The van der Waals surface area contributed by atoms with Crippen molar-refractivity contribution in [2.75, 3.05) is 0 Å². The van der Waals surface area contributed by atoms with Crippen molar-refractivity contribution in [2.45, 2.75) is 13.0 Å². The van der Waals surface area contributed by atoms with Crippen LogP contribution in [0.4, 0.5) is 11.4 Å². The van der Waals surface area contributed by atoms with Crippen molar-refractivity contribution < 1.29 is 19.4 Å². The first-order valence-corrected chi connectivity index (χ1v) is 10.3. The van der Waals surface area contributed by atoms with Crippen LogP contribution in [0.1, 0.15) is 16.7 Å². The van der Waals surface area contributed by atoms with Gasteiger partial charge < -0.3 is 4.74 Å². The van der Waals surface area contributed by atoms with Crippen molar-refractivity contribution in [2.24, 2.45) is 5.10 Å². The van der Waals surface area contributed by atoms with Crippen molar-refractivity contribution in [3.63, 3.8) is 0 Å². The molecule has 0 atom stereocenters. The zero-order valence-corrected chi connectivity index (χ0v) is 18.6. The summed E-state index contributed by atoms with van der Waals surface area (Å²) in [7, 11) is 0. The van der Waals surface area contributed by atoms with E-state index in [1.54, 1.807) is 36.4 Å². The number of para-hydroxylation sites is 1. The number of hydrogen-bond donors (Lipinski definition) is 1. The van der Waals surface area contributed by atoms with Gasteiger partial charge in [-0.15, -0.1) is 0 Å². The third-order valence-electron chi connectivity index (χ3n) is 4.42. The van der Waals surface area contributed by atoms with Gasteiger partial charge in [-0.3, -0.25) is 25.0 Å². The number of benzene rings is 3. The Morgan fingerprint density at radius 3 is 2.58 bits per heavy atom. The summed E-state index contributed by atoms with van der Waals surface area (Å²) in [6, 6.07) is 17.3. The number of hydrogen-bond acceptors (Lipinski definition) is 7. The number of halogens is 1. The number of amides is 1. The molecule has 0 spiro atoms. The van der Waals surface area contributed by atoms with Crippen molar-refractivity contribution in [1.82, 2.24) is 5.43 Å². The molecule has 3 aromatic carbocycles. The Bertz CT molecular complexity index is 1230. The van der Waals surface area contributed by atoms with Crippen molar-refractivity contribution in [3.8, 4) is 5.75 Å². The SMILES string of the molecule is O=C(Cc1ccccc1[N+](=O)[O-])N/N=C/c1cc(Br)ccc1OCc1cccc([N+](=O)[O-])c1. The minimum absolute atomic E-state index is 0.0324. The normalized spacial score (nSPS) is 10.7. The first-order chi connectivity index (χ1) is 15.8. The fourth-order valence-electron chi connectivity index (χ4n) is 2.90. The Morgan fingerprint density at radius 2 is 1.82 bits per heavy atom. The van der Waals surface area contributed by atoms with Gasteiger partial charge in [0.25, 0.3) is 11.4 Å². The second-order valence-electron chi connectivity index (χ2n) is 6.75. The van der Waals surface area contributed by atoms with Crippen LogP contribution in [0.3, 0.4) is 0 Å². The molecule has 0 aliphatic rings. The molecule has 168 valence electrons. The summed E-state index contributed by atoms with van der Waals surface area (Å²) in [5.74, 6) is -0.0731. The quantitative estimate of drug-likeness (QED) is 0.254. The highest BCUT2D eigenvalue weighted by molar-refractivity contribution is 9.10. The molecule has 0 unspecified atom stereocenters. The Kier molecular flexibility index (Phi) is 7.82. The first-order valence-electron chi connectivity index (χ1n) is 9.53. The minimum Gasteiger partial charge on any atom is -0.488 e. The number of non-ortho nitro benzene ring substituents is 1. The number of rotatable bonds is 9. The van der Waals surface area contributed by atoms with Crippen LogP contribution in [-0.2, 0) is 17.8 Å². The summed E-state index contributed by atoms with van der Waals surface area (Å²) in [5.41, 5.74) is 3.61. The molecule has 0 aromatic heterocycles. The molecular weight excluding hydrogens is 496 g/mol. The van der Waals surface area contributed by atoms with E-state index in [4.69, 9.17) is 4.74 Å². The number of nitrogens with zero attached hydrogens (tertiary/aromatic N) is 3. The molecular formula is C22H17BrN4O6. The van der Waals surface area contributed by atoms with Gasteiger partial charge in [-0.25, -0.2) is 5.43 Å². The smallest absolute Gasteiger partial charge is 0.273 e. The average Bonchev–Trinajstić information content (AvgIpc) is 2.79. The summed E-state index contributed by atoms with van der Waals surface area (Å²) in [6.07, 6.45) is 1.17. The van der Waals surface area contributed by atoms with E-state index in [-0.39, 0.29) is 30.0 Å². The molecule has 0 aliphatic carbocycles. The van der Waals surface area contributed by atoms with Crippen LogP contribution in [0, 0.1) is 20.2 Å². The standard InChI is InChI=1S/C22H17BrN4O6/c23-18-8-9-21(33-14-15-4-3-6-19(10-15)26(29)30)17(11-18)13-24-25-22(28)12-16-5-1-2-7-20(16)27(31)32/h1-11,13H,12,14H2,(H,25,28)/b24-13+. The zero-order chi connectivity index (χ0) is 23.8. The van der Waals surface area contributed by atoms with Crippen molar-refractivity contribution in [3.05, 3.63) is 108 Å². The lowest BCUT2D eigenvalue weighted by Gasteiger charge is -2.10. The predicted molar refractivity (Wildman–Crippen MR) is 124 cm³/mol. The number of nitro benzene ring substituents is 2. The molecule has 0 radical (unpaired) electrons. The van der Waals surface area contributed by atoms with E-state index in [0.29, 0.717) is 16.9 Å². The van der Waals surface area contributed by atoms with Crippen molar-refractivity contribution in [1.29, 1.82) is 0 Å². The molecule has 33 heavy (non-hydrogen) atoms. The lowest BCUT2D eigenvalue weighted by Crippen LogP contribution is -2.20. The molecule has 0 aliphatic heterocycles. The zero-order valence-electron chi connectivity index (χ0n) is 17.0. The van der Waals surface area contributed by atoms with Gasteiger partial charge in [0.15, 0.2) is 0 Å². The maximum Gasteiger partial charge on any atom is 0.273 e. The van der Waals surface area contributed by atoms with Crippen molar-refractivity contribution >= 4 is 39.4 Å². The Hall–Kier alpha value is -4.12. The van der Waals surface area contributed by atoms with Crippen LogP contribution in [0.2, 0.25) is 0 Å². The van der Waals surface area contributed by atoms with E-state index in [1.807, 2.05) is 0 Å². The van der Waals surface area contributed by atoms with Gasteiger partial charge in [0.2, 0.25) is 5.91 Å². The van der Waals surface area contributed by atoms with Crippen LogP contribution in [-0.4, -0.2) is 22.0 Å². The number of ether oxygens (including phenoxy) is 1. The molecule has 3 rings (SSSR count). The van der Waals surface area contributed by atoms with Crippen LogP contribution < -0.4 is 10.2 Å². The highest BCUT2D eigenvalue weighted by Gasteiger charge is 2.15. The molecule has 0 saturated heterocycles. The van der Waals surface area contributed by atoms with Gasteiger partial charge in [-0.2, -0.15) is 5.10 Å². The molecule has 1 amide bonds. The van der Waals surface area contributed by atoms with E-state index < -0.39 is 15.8 Å². The van der Waals surface area contributed by atoms with Crippen LogP contribution in [0.15, 0.2) is 76.3 Å². The summed E-state index contributed by atoms with van der Waals surface area (Å²) in [5, 5.41) is 25.9. The summed E-state index contributed by atoms with van der Waals surface area (Å²) in [4.78, 5) is 33.2. The lowest BCUT2D eigenvalue weighted by atomic mass is 10.1.